The van der Waals surface area contributed by atoms with Gasteiger partial charge in [-0.2, -0.15) is 0 Å². The molecule has 4 heteroatoms. The van der Waals surface area contributed by atoms with E-state index in [0.29, 0.717) is 36.6 Å². The molecule has 4 rings (SSSR count). The van der Waals surface area contributed by atoms with Crippen LogP contribution in [-0.2, 0) is 12.8 Å². The molecule has 1 aliphatic rings. The van der Waals surface area contributed by atoms with Crippen LogP contribution in [0.3, 0.4) is 0 Å². The van der Waals surface area contributed by atoms with Crippen LogP contribution < -0.4 is 4.74 Å². The summed E-state index contributed by atoms with van der Waals surface area (Å²) in [6.45, 7) is 2.79. The van der Waals surface area contributed by atoms with Crippen molar-refractivity contribution in [3.8, 4) is 5.75 Å². The Balaban J connectivity index is 1.21. The molecule has 1 atom stereocenters. The van der Waals surface area contributed by atoms with Crippen molar-refractivity contribution in [1.82, 2.24) is 4.90 Å². The molecule has 178 valence electrons. The molecular weight excluding hydrogens is 422 g/mol. The van der Waals surface area contributed by atoms with E-state index in [0.717, 1.165) is 37.9 Å². The second-order valence-electron chi connectivity index (χ2n) is 9.30. The Hall–Kier alpha value is -2.95. The van der Waals surface area contributed by atoms with E-state index >= 15 is 0 Å². The lowest BCUT2D eigenvalue weighted by Gasteiger charge is -2.33. The summed E-state index contributed by atoms with van der Waals surface area (Å²) in [5, 5.41) is 10.6. The number of aliphatic hydroxyl groups excluding tert-OH is 1. The zero-order valence-electron chi connectivity index (χ0n) is 19.8. The maximum absolute atomic E-state index is 12.8. The molecule has 4 nitrogen and oxygen atoms in total. The minimum Gasteiger partial charge on any atom is -0.490 e. The van der Waals surface area contributed by atoms with E-state index < -0.39 is 6.10 Å². The molecule has 0 saturated carbocycles. The van der Waals surface area contributed by atoms with Crippen LogP contribution in [0.25, 0.3) is 0 Å². The van der Waals surface area contributed by atoms with E-state index in [4.69, 9.17) is 4.74 Å². The van der Waals surface area contributed by atoms with E-state index in [1.54, 1.807) is 0 Å². The molecule has 0 radical (unpaired) electrons. The van der Waals surface area contributed by atoms with E-state index in [1.807, 2.05) is 54.6 Å². The molecule has 0 bridgehead atoms. The highest BCUT2D eigenvalue weighted by atomic mass is 16.5. The minimum absolute atomic E-state index is 0.0643. The molecule has 0 amide bonds. The molecule has 1 aliphatic heterocycles. The number of nitrogens with zero attached hydrogens (tertiary/aromatic N) is 1. The lowest BCUT2D eigenvalue weighted by Crippen LogP contribution is -2.41. The number of hydrogen-bond acceptors (Lipinski definition) is 4. The first-order valence-corrected chi connectivity index (χ1v) is 12.4. The fourth-order valence-electron chi connectivity index (χ4n) is 4.72. The number of piperidine rings is 1. The van der Waals surface area contributed by atoms with Gasteiger partial charge in [-0.05, 0) is 68.0 Å². The van der Waals surface area contributed by atoms with Gasteiger partial charge in [-0.25, -0.2) is 0 Å². The van der Waals surface area contributed by atoms with Gasteiger partial charge in [0, 0.05) is 13.0 Å². The van der Waals surface area contributed by atoms with E-state index in [1.165, 1.54) is 5.56 Å². The molecule has 1 N–H and O–H groups in total. The summed E-state index contributed by atoms with van der Waals surface area (Å²) in [6, 6.07) is 28.1. The van der Waals surface area contributed by atoms with Gasteiger partial charge in [0.1, 0.15) is 18.5 Å². The number of carbonyl (C=O) groups excluding carboxylic acids is 1. The molecule has 0 unspecified atom stereocenters. The number of β-amino-alcohol motifs (C(OH)–C–C–N with tert-alkyl or cyclic N) is 1. The Morgan fingerprint density at radius 3 is 2.21 bits per heavy atom. The Morgan fingerprint density at radius 1 is 0.882 bits per heavy atom. The number of carbonyl (C=O) groups is 1. The number of likely N-dealkylation sites (tertiary alicyclic amines) is 1. The number of aryl methyl sites for hydroxylation is 1. The van der Waals surface area contributed by atoms with Crippen LogP contribution in [0.4, 0.5) is 0 Å². The van der Waals surface area contributed by atoms with Gasteiger partial charge in [-0.3, -0.25) is 4.79 Å². The molecule has 0 aromatic heterocycles. The minimum atomic E-state index is -0.585. The van der Waals surface area contributed by atoms with Gasteiger partial charge in [0.2, 0.25) is 0 Å². The fourth-order valence-corrected chi connectivity index (χ4v) is 4.72. The summed E-state index contributed by atoms with van der Waals surface area (Å²) in [4.78, 5) is 15.1. The van der Waals surface area contributed by atoms with Gasteiger partial charge in [-0.15, -0.1) is 0 Å². The molecule has 0 aliphatic carbocycles. The molecule has 1 fully saturated rings. The normalized spacial score (nSPS) is 15.7. The number of ether oxygens (including phenoxy) is 1. The number of Topliss-reactive ketones (excluding diaryl/α,β-unsaturated/α-hetero) is 1. The highest BCUT2D eigenvalue weighted by Gasteiger charge is 2.22. The molecule has 1 saturated heterocycles. The van der Waals surface area contributed by atoms with Crippen molar-refractivity contribution in [2.45, 2.75) is 38.2 Å². The number of rotatable bonds is 11. The zero-order chi connectivity index (χ0) is 23.6. The Kier molecular flexibility index (Phi) is 8.89. The predicted molar refractivity (Wildman–Crippen MR) is 136 cm³/mol. The third kappa shape index (κ3) is 7.28. The molecule has 1 heterocycles. The van der Waals surface area contributed by atoms with Crippen LogP contribution >= 0.6 is 0 Å². The number of hydrogen-bond donors (Lipinski definition) is 1. The average Bonchev–Trinajstić information content (AvgIpc) is 2.88. The first-order valence-electron chi connectivity index (χ1n) is 12.4. The second kappa shape index (κ2) is 12.5. The first kappa shape index (κ1) is 24.2. The Bertz CT molecular complexity index is 1010. The van der Waals surface area contributed by atoms with Crippen molar-refractivity contribution >= 4 is 5.78 Å². The summed E-state index contributed by atoms with van der Waals surface area (Å²) in [5.41, 5.74) is 3.15. The summed E-state index contributed by atoms with van der Waals surface area (Å²) in [7, 11) is 0. The van der Waals surface area contributed by atoms with Gasteiger partial charge >= 0.3 is 0 Å². The van der Waals surface area contributed by atoms with E-state index in [-0.39, 0.29) is 12.4 Å². The quantitative estimate of drug-likeness (QED) is 0.402. The summed E-state index contributed by atoms with van der Waals surface area (Å²) >= 11 is 0. The van der Waals surface area contributed by atoms with Gasteiger partial charge in [0.05, 0.1) is 5.56 Å². The van der Waals surface area contributed by atoms with Gasteiger partial charge < -0.3 is 14.7 Å². The average molecular weight is 458 g/mol. The Labute approximate surface area is 203 Å². The topological polar surface area (TPSA) is 49.8 Å². The van der Waals surface area contributed by atoms with Crippen LogP contribution in [-0.4, -0.2) is 48.1 Å². The third-order valence-corrected chi connectivity index (χ3v) is 6.65. The molecule has 34 heavy (non-hydrogen) atoms. The maximum atomic E-state index is 12.8. The van der Waals surface area contributed by atoms with Crippen LogP contribution in [0.15, 0.2) is 84.9 Å². The monoisotopic (exact) mass is 457 g/mol. The standard InChI is InChI=1S/C30H35NO3/c32-27(22-31-19-17-26(18-20-31)21-25-11-5-2-6-12-25)23-34-30-14-8-7-13-28(30)29(33)16-15-24-9-3-1-4-10-24/h1-14,26-27,32H,15-23H2/t27-/m1/s1. The third-order valence-electron chi connectivity index (χ3n) is 6.65. The largest absolute Gasteiger partial charge is 0.490 e. The molecule has 3 aromatic carbocycles. The SMILES string of the molecule is O=C(CCc1ccccc1)c1ccccc1OC[C@H](O)CN1CCC(Cc2ccccc2)CC1. The van der Waals surface area contributed by atoms with Crippen molar-refractivity contribution in [2.75, 3.05) is 26.2 Å². The van der Waals surface area contributed by atoms with Gasteiger partial charge in [0.15, 0.2) is 5.78 Å². The van der Waals surface area contributed by atoms with E-state index in [2.05, 4.69) is 35.2 Å². The zero-order valence-corrected chi connectivity index (χ0v) is 19.8. The number of ketones is 1. The fraction of sp³-hybridized carbons (Fsp3) is 0.367. The summed E-state index contributed by atoms with van der Waals surface area (Å²) < 4.78 is 5.92. The molecule has 3 aromatic rings. The highest BCUT2D eigenvalue weighted by Crippen LogP contribution is 2.23. The lowest BCUT2D eigenvalue weighted by molar-refractivity contribution is 0.0546. The summed E-state index contributed by atoms with van der Waals surface area (Å²) in [6.07, 6.45) is 4.00. The first-order chi connectivity index (χ1) is 16.7. The van der Waals surface area contributed by atoms with Crippen LogP contribution in [0.5, 0.6) is 5.75 Å². The van der Waals surface area contributed by atoms with Gasteiger partial charge in [0.25, 0.3) is 0 Å². The Morgan fingerprint density at radius 2 is 1.50 bits per heavy atom. The smallest absolute Gasteiger partial charge is 0.166 e. The number of para-hydroxylation sites is 1. The van der Waals surface area contributed by atoms with Crippen LogP contribution in [0.1, 0.15) is 40.7 Å². The molecule has 0 spiro atoms. The van der Waals surface area contributed by atoms with Crippen molar-refractivity contribution in [2.24, 2.45) is 5.92 Å². The van der Waals surface area contributed by atoms with Gasteiger partial charge in [-0.1, -0.05) is 72.8 Å². The highest BCUT2D eigenvalue weighted by molar-refractivity contribution is 5.98. The maximum Gasteiger partial charge on any atom is 0.166 e. The number of benzene rings is 3. The number of aliphatic hydroxyl groups is 1. The van der Waals surface area contributed by atoms with Crippen molar-refractivity contribution in [1.29, 1.82) is 0 Å². The second-order valence-corrected chi connectivity index (χ2v) is 9.30. The van der Waals surface area contributed by atoms with Crippen LogP contribution in [0.2, 0.25) is 0 Å². The summed E-state index contributed by atoms with van der Waals surface area (Å²) in [5.74, 6) is 1.33. The van der Waals surface area contributed by atoms with Crippen molar-refractivity contribution in [3.05, 3.63) is 102 Å². The lowest BCUT2D eigenvalue weighted by atomic mass is 9.90. The van der Waals surface area contributed by atoms with Crippen molar-refractivity contribution in [3.63, 3.8) is 0 Å². The molecular formula is C30H35NO3. The predicted octanol–water partition coefficient (Wildman–Crippen LogP) is 5.20. The van der Waals surface area contributed by atoms with E-state index in [9.17, 15) is 9.90 Å². The van der Waals surface area contributed by atoms with Crippen molar-refractivity contribution < 1.29 is 14.6 Å². The van der Waals surface area contributed by atoms with Crippen LogP contribution in [0, 0.1) is 5.92 Å².